The monoisotopic (exact) mass is 311 g/mol. The predicted octanol–water partition coefficient (Wildman–Crippen LogP) is 2.03. The molecule has 1 aromatic rings. The van der Waals surface area contributed by atoms with Crippen LogP contribution in [0.3, 0.4) is 0 Å². The highest BCUT2D eigenvalue weighted by molar-refractivity contribution is 7.80. The van der Waals surface area contributed by atoms with E-state index in [1.165, 1.54) is 0 Å². The molecule has 0 bridgehead atoms. The summed E-state index contributed by atoms with van der Waals surface area (Å²) in [5.41, 5.74) is 7.34. The van der Waals surface area contributed by atoms with E-state index in [9.17, 15) is 4.79 Å². The number of carbonyl (C=O) groups excluding carboxylic acids is 1. The van der Waals surface area contributed by atoms with Gasteiger partial charge in [0.2, 0.25) is 5.91 Å². The molecule has 1 saturated heterocycles. The standard InChI is InChI=1S/C14H18ClN3OS/c1-10(19)17-5-2-6-18(8-7-17)13-4-3-11(14(16)20)9-12(13)15/h3-4,9H,2,5-8H2,1H3,(H2,16,20). The number of nitrogens with two attached hydrogens (primary N) is 1. The molecule has 0 aromatic heterocycles. The summed E-state index contributed by atoms with van der Waals surface area (Å²) in [4.78, 5) is 15.9. The van der Waals surface area contributed by atoms with Gasteiger partial charge in [-0.3, -0.25) is 4.79 Å². The lowest BCUT2D eigenvalue weighted by molar-refractivity contribution is -0.128. The lowest BCUT2D eigenvalue weighted by Gasteiger charge is -2.24. The fourth-order valence-electron chi connectivity index (χ4n) is 2.39. The number of carbonyl (C=O) groups is 1. The van der Waals surface area contributed by atoms with Crippen LogP contribution in [0.1, 0.15) is 18.9 Å². The second-order valence-corrected chi connectivity index (χ2v) is 5.72. The van der Waals surface area contributed by atoms with Crippen molar-refractivity contribution in [2.24, 2.45) is 5.73 Å². The van der Waals surface area contributed by atoms with Gasteiger partial charge in [0.05, 0.1) is 10.7 Å². The molecule has 1 aliphatic heterocycles. The quantitative estimate of drug-likeness (QED) is 0.849. The molecule has 1 heterocycles. The zero-order valence-electron chi connectivity index (χ0n) is 11.4. The number of anilines is 1. The minimum absolute atomic E-state index is 0.127. The van der Waals surface area contributed by atoms with E-state index in [4.69, 9.17) is 29.6 Å². The second-order valence-electron chi connectivity index (χ2n) is 4.88. The molecule has 0 aliphatic carbocycles. The number of hydrogen-bond acceptors (Lipinski definition) is 3. The molecule has 0 radical (unpaired) electrons. The van der Waals surface area contributed by atoms with Crippen LogP contribution in [0.5, 0.6) is 0 Å². The van der Waals surface area contributed by atoms with Gasteiger partial charge in [-0.2, -0.15) is 0 Å². The maximum Gasteiger partial charge on any atom is 0.219 e. The van der Waals surface area contributed by atoms with Gasteiger partial charge in [0.25, 0.3) is 0 Å². The average Bonchev–Trinajstić information content (AvgIpc) is 2.64. The van der Waals surface area contributed by atoms with Crippen molar-refractivity contribution in [2.45, 2.75) is 13.3 Å². The SMILES string of the molecule is CC(=O)N1CCCN(c2ccc(C(N)=S)cc2Cl)CC1. The molecule has 0 atom stereocenters. The molecule has 2 N–H and O–H groups in total. The Kier molecular flexibility index (Phi) is 4.83. The van der Waals surface area contributed by atoms with E-state index in [0.717, 1.165) is 43.9 Å². The number of nitrogens with zero attached hydrogens (tertiary/aromatic N) is 2. The van der Waals surface area contributed by atoms with Crippen molar-refractivity contribution in [3.05, 3.63) is 28.8 Å². The summed E-state index contributed by atoms with van der Waals surface area (Å²) in [5.74, 6) is 0.127. The van der Waals surface area contributed by atoms with Crippen molar-refractivity contribution in [2.75, 3.05) is 31.1 Å². The zero-order valence-corrected chi connectivity index (χ0v) is 13.0. The summed E-state index contributed by atoms with van der Waals surface area (Å²) in [5, 5.41) is 0.645. The van der Waals surface area contributed by atoms with Crippen LogP contribution < -0.4 is 10.6 Å². The molecule has 4 nitrogen and oxygen atoms in total. The fourth-order valence-corrected chi connectivity index (χ4v) is 2.82. The summed E-state index contributed by atoms with van der Waals surface area (Å²) in [6, 6.07) is 5.63. The smallest absolute Gasteiger partial charge is 0.219 e. The van der Waals surface area contributed by atoms with Gasteiger partial charge in [-0.15, -0.1) is 0 Å². The third-order valence-electron chi connectivity index (χ3n) is 3.51. The van der Waals surface area contributed by atoms with E-state index in [-0.39, 0.29) is 5.91 Å². The average molecular weight is 312 g/mol. The molecule has 1 fully saturated rings. The van der Waals surface area contributed by atoms with Gasteiger partial charge in [0, 0.05) is 38.7 Å². The normalized spacial score (nSPS) is 15.9. The van der Waals surface area contributed by atoms with Gasteiger partial charge >= 0.3 is 0 Å². The highest BCUT2D eigenvalue weighted by Gasteiger charge is 2.18. The molecule has 108 valence electrons. The summed E-state index contributed by atoms with van der Waals surface area (Å²) in [6.45, 7) is 4.80. The first kappa shape index (κ1) is 15.1. The van der Waals surface area contributed by atoms with Crippen molar-refractivity contribution in [1.29, 1.82) is 0 Å². The molecule has 1 amide bonds. The molecule has 20 heavy (non-hydrogen) atoms. The van der Waals surface area contributed by atoms with Crippen molar-refractivity contribution < 1.29 is 4.79 Å². The molecule has 0 saturated carbocycles. The van der Waals surface area contributed by atoms with Crippen molar-refractivity contribution in [3.63, 3.8) is 0 Å². The van der Waals surface area contributed by atoms with Gasteiger partial charge in [0.15, 0.2) is 0 Å². The number of amides is 1. The molecule has 1 aliphatic rings. The summed E-state index contributed by atoms with van der Waals surface area (Å²) >= 11 is 11.3. The van der Waals surface area contributed by atoms with Crippen LogP contribution >= 0.6 is 23.8 Å². The highest BCUT2D eigenvalue weighted by atomic mass is 35.5. The predicted molar refractivity (Wildman–Crippen MR) is 86.4 cm³/mol. The van der Waals surface area contributed by atoms with E-state index in [1.54, 1.807) is 13.0 Å². The Morgan fingerprint density at radius 2 is 2.05 bits per heavy atom. The Labute approximate surface area is 129 Å². The van der Waals surface area contributed by atoms with Gasteiger partial charge < -0.3 is 15.5 Å². The van der Waals surface area contributed by atoms with Gasteiger partial charge in [-0.05, 0) is 24.6 Å². The van der Waals surface area contributed by atoms with Gasteiger partial charge in [-0.1, -0.05) is 23.8 Å². The number of rotatable bonds is 2. The lowest BCUT2D eigenvalue weighted by atomic mass is 10.2. The van der Waals surface area contributed by atoms with Crippen LogP contribution in [0, 0.1) is 0 Å². The number of halogens is 1. The van der Waals surface area contributed by atoms with Crippen molar-refractivity contribution in [3.8, 4) is 0 Å². The first-order valence-electron chi connectivity index (χ1n) is 6.59. The van der Waals surface area contributed by atoms with E-state index < -0.39 is 0 Å². The van der Waals surface area contributed by atoms with E-state index in [1.807, 2.05) is 17.0 Å². The molecular weight excluding hydrogens is 294 g/mol. The minimum atomic E-state index is 0.127. The molecule has 0 unspecified atom stereocenters. The topological polar surface area (TPSA) is 49.6 Å². The van der Waals surface area contributed by atoms with Gasteiger partial charge in [-0.25, -0.2) is 0 Å². The first-order valence-corrected chi connectivity index (χ1v) is 7.37. The maximum atomic E-state index is 11.4. The lowest BCUT2D eigenvalue weighted by Crippen LogP contribution is -2.33. The van der Waals surface area contributed by atoms with E-state index in [0.29, 0.717) is 10.0 Å². The summed E-state index contributed by atoms with van der Waals surface area (Å²) < 4.78 is 0. The minimum Gasteiger partial charge on any atom is -0.389 e. The Bertz CT molecular complexity index is 535. The Morgan fingerprint density at radius 1 is 1.30 bits per heavy atom. The molecule has 2 rings (SSSR count). The van der Waals surface area contributed by atoms with E-state index >= 15 is 0 Å². The molecular formula is C14H18ClN3OS. The number of thiocarbonyl (C=S) groups is 1. The Hall–Kier alpha value is -1.33. The van der Waals surface area contributed by atoms with Crippen LogP contribution in [0.2, 0.25) is 5.02 Å². The Morgan fingerprint density at radius 3 is 2.65 bits per heavy atom. The number of benzene rings is 1. The van der Waals surface area contributed by atoms with Crippen LogP contribution in [-0.2, 0) is 4.79 Å². The zero-order chi connectivity index (χ0) is 14.7. The molecule has 0 spiro atoms. The summed E-state index contributed by atoms with van der Waals surface area (Å²) in [7, 11) is 0. The largest absolute Gasteiger partial charge is 0.389 e. The van der Waals surface area contributed by atoms with Crippen LogP contribution in [0.15, 0.2) is 18.2 Å². The third kappa shape index (κ3) is 3.41. The van der Waals surface area contributed by atoms with Crippen LogP contribution in [-0.4, -0.2) is 42.0 Å². The van der Waals surface area contributed by atoms with Crippen LogP contribution in [0.4, 0.5) is 5.69 Å². The molecule has 1 aromatic carbocycles. The maximum absolute atomic E-state index is 11.4. The van der Waals surface area contributed by atoms with E-state index in [2.05, 4.69) is 4.90 Å². The van der Waals surface area contributed by atoms with Crippen molar-refractivity contribution in [1.82, 2.24) is 4.90 Å². The Balaban J connectivity index is 2.15. The third-order valence-corrected chi connectivity index (χ3v) is 4.05. The molecule has 6 heteroatoms. The van der Waals surface area contributed by atoms with Crippen LogP contribution in [0.25, 0.3) is 0 Å². The summed E-state index contributed by atoms with van der Waals surface area (Å²) in [6.07, 6.45) is 0.937. The van der Waals surface area contributed by atoms with Crippen molar-refractivity contribution >= 4 is 40.4 Å². The highest BCUT2D eigenvalue weighted by Crippen LogP contribution is 2.27. The first-order chi connectivity index (χ1) is 9.49. The van der Waals surface area contributed by atoms with Gasteiger partial charge in [0.1, 0.15) is 4.99 Å². The fraction of sp³-hybridized carbons (Fsp3) is 0.429. The number of hydrogen-bond donors (Lipinski definition) is 1. The second kappa shape index (κ2) is 6.41.